The van der Waals surface area contributed by atoms with Gasteiger partial charge in [-0.25, -0.2) is 17.9 Å². The van der Waals surface area contributed by atoms with Crippen molar-refractivity contribution in [2.24, 2.45) is 5.14 Å². The van der Waals surface area contributed by atoms with E-state index in [1.807, 2.05) is 0 Å². The van der Waals surface area contributed by atoms with Crippen molar-refractivity contribution in [3.63, 3.8) is 0 Å². The second kappa shape index (κ2) is 6.86. The van der Waals surface area contributed by atoms with Gasteiger partial charge in [-0.2, -0.15) is 0 Å². The summed E-state index contributed by atoms with van der Waals surface area (Å²) in [5, 5.41) is 17.7. The molecular weight excluding hydrogens is 339 g/mol. The maximum Gasteiger partial charge on any atom is 0.238 e. The Bertz CT molecular complexity index is 845. The first-order chi connectivity index (χ1) is 10.8. The minimum absolute atomic E-state index is 0.0151. The van der Waals surface area contributed by atoms with Gasteiger partial charge in [0.1, 0.15) is 16.6 Å². The van der Waals surface area contributed by atoms with Crippen LogP contribution in [0.2, 0.25) is 0 Å². The van der Waals surface area contributed by atoms with Crippen LogP contribution in [0.25, 0.3) is 5.76 Å². The Morgan fingerprint density at radius 2 is 1.70 bits per heavy atom. The lowest BCUT2D eigenvalue weighted by atomic mass is 10.2. The number of primary sulfonamides is 1. The summed E-state index contributed by atoms with van der Waals surface area (Å²) in [7, 11) is -3.75. The summed E-state index contributed by atoms with van der Waals surface area (Å²) in [4.78, 5) is 0.189. The number of rotatable bonds is 4. The van der Waals surface area contributed by atoms with Gasteiger partial charge in [-0.3, -0.25) is 0 Å². The topological polar surface area (TPSA) is 92.4 Å². The maximum atomic E-state index is 12.8. The standard InChI is InChI=1S/C15H13FN2O3S2/c16-11-3-1-10(2-4-11)14(19)9-15(22)18-12-5-7-13(8-6-12)23(17,20)21/h1-9,19H,(H,18,22)(H2,17,20,21)/b14-9-. The van der Waals surface area contributed by atoms with E-state index in [1.54, 1.807) is 0 Å². The summed E-state index contributed by atoms with van der Waals surface area (Å²) in [6.07, 6.45) is 1.30. The van der Waals surface area contributed by atoms with Crippen LogP contribution in [-0.4, -0.2) is 18.5 Å². The van der Waals surface area contributed by atoms with Crippen molar-refractivity contribution >= 4 is 38.7 Å². The summed E-state index contributed by atoms with van der Waals surface area (Å²) in [6.45, 7) is 0. The van der Waals surface area contributed by atoms with Gasteiger partial charge in [-0.15, -0.1) is 0 Å². The molecule has 0 saturated heterocycles. The van der Waals surface area contributed by atoms with E-state index in [0.29, 0.717) is 11.3 Å². The molecule has 0 amide bonds. The van der Waals surface area contributed by atoms with Crippen LogP contribution in [0.15, 0.2) is 59.5 Å². The third-order valence-electron chi connectivity index (χ3n) is 2.86. The molecule has 2 rings (SSSR count). The Morgan fingerprint density at radius 1 is 1.13 bits per heavy atom. The summed E-state index contributed by atoms with van der Waals surface area (Å²) in [6, 6.07) is 11.0. The molecule has 0 aliphatic rings. The normalized spacial score (nSPS) is 12.0. The lowest BCUT2D eigenvalue weighted by molar-refractivity contribution is 0.512. The lowest BCUT2D eigenvalue weighted by Crippen LogP contribution is -2.12. The fourth-order valence-corrected chi connectivity index (χ4v) is 2.48. The first kappa shape index (κ1) is 17.1. The van der Waals surface area contributed by atoms with Gasteiger partial charge >= 0.3 is 0 Å². The molecule has 0 atom stereocenters. The van der Waals surface area contributed by atoms with E-state index >= 15 is 0 Å². The third-order valence-corrected chi connectivity index (χ3v) is 4.01. The van der Waals surface area contributed by atoms with Gasteiger partial charge in [-0.05, 0) is 48.5 Å². The number of nitrogens with one attached hydrogen (secondary N) is 1. The molecule has 0 aromatic heterocycles. The average Bonchev–Trinajstić information content (AvgIpc) is 2.47. The van der Waals surface area contributed by atoms with Gasteiger partial charge in [0.2, 0.25) is 10.0 Å². The molecule has 0 heterocycles. The van der Waals surface area contributed by atoms with Gasteiger partial charge in [0.05, 0.1) is 4.90 Å². The molecule has 0 bridgehead atoms. The number of hydrogen-bond acceptors (Lipinski definition) is 4. The SMILES string of the molecule is NS(=O)(=O)c1ccc(NC(=S)/C=C(\O)c2ccc(F)cc2)cc1. The molecule has 5 nitrogen and oxygen atoms in total. The zero-order chi connectivity index (χ0) is 17.0. The van der Waals surface area contributed by atoms with Crippen molar-refractivity contribution in [2.45, 2.75) is 4.90 Å². The third kappa shape index (κ3) is 4.85. The van der Waals surface area contributed by atoms with Crippen molar-refractivity contribution in [3.05, 3.63) is 66.0 Å². The minimum Gasteiger partial charge on any atom is -0.507 e. The van der Waals surface area contributed by atoms with E-state index in [9.17, 15) is 17.9 Å². The minimum atomic E-state index is -3.75. The molecule has 23 heavy (non-hydrogen) atoms. The lowest BCUT2D eigenvalue weighted by Gasteiger charge is -2.06. The number of nitrogens with two attached hydrogens (primary N) is 1. The molecule has 2 aromatic carbocycles. The van der Waals surface area contributed by atoms with Crippen LogP contribution in [0.3, 0.4) is 0 Å². The van der Waals surface area contributed by atoms with Crippen LogP contribution < -0.4 is 10.5 Å². The number of aliphatic hydroxyl groups is 1. The van der Waals surface area contributed by atoms with Crippen LogP contribution in [0.1, 0.15) is 5.56 Å². The van der Waals surface area contributed by atoms with Gasteiger partial charge in [0.25, 0.3) is 0 Å². The molecule has 2 aromatic rings. The summed E-state index contributed by atoms with van der Waals surface area (Å²) in [5.41, 5.74) is 0.950. The number of anilines is 1. The number of sulfonamides is 1. The number of benzene rings is 2. The molecule has 0 spiro atoms. The van der Waals surface area contributed by atoms with Crippen molar-refractivity contribution in [3.8, 4) is 0 Å². The molecular formula is C15H13FN2O3S2. The van der Waals surface area contributed by atoms with Crippen molar-refractivity contribution < 1.29 is 17.9 Å². The molecule has 0 radical (unpaired) electrons. The van der Waals surface area contributed by atoms with E-state index in [-0.39, 0.29) is 15.6 Å². The van der Waals surface area contributed by atoms with Gasteiger partial charge in [0.15, 0.2) is 0 Å². The Balaban J connectivity index is 2.09. The average molecular weight is 352 g/mol. The van der Waals surface area contributed by atoms with E-state index in [2.05, 4.69) is 5.32 Å². The Hall–Kier alpha value is -2.29. The summed E-state index contributed by atoms with van der Waals surface area (Å²) in [5.74, 6) is -0.527. The summed E-state index contributed by atoms with van der Waals surface area (Å²) >= 11 is 5.08. The van der Waals surface area contributed by atoms with Gasteiger partial charge in [-0.1, -0.05) is 12.2 Å². The number of hydrogen-bond donors (Lipinski definition) is 3. The molecule has 8 heteroatoms. The van der Waals surface area contributed by atoms with E-state index in [0.717, 1.165) is 0 Å². The second-order valence-corrected chi connectivity index (χ2v) is 6.60. The molecule has 0 saturated carbocycles. The van der Waals surface area contributed by atoms with E-state index in [4.69, 9.17) is 17.4 Å². The molecule has 0 aliphatic heterocycles. The quantitative estimate of drug-likeness (QED) is 0.447. The first-order valence-electron chi connectivity index (χ1n) is 6.36. The fourth-order valence-electron chi connectivity index (χ4n) is 1.73. The molecule has 120 valence electrons. The second-order valence-electron chi connectivity index (χ2n) is 4.60. The summed E-state index contributed by atoms with van der Waals surface area (Å²) < 4.78 is 35.1. The highest BCUT2D eigenvalue weighted by Crippen LogP contribution is 2.15. The molecule has 0 aliphatic carbocycles. The van der Waals surface area contributed by atoms with Crippen LogP contribution in [-0.2, 0) is 10.0 Å². The van der Waals surface area contributed by atoms with Crippen molar-refractivity contribution in [1.29, 1.82) is 0 Å². The van der Waals surface area contributed by atoms with E-state index in [1.165, 1.54) is 54.6 Å². The first-order valence-corrected chi connectivity index (χ1v) is 8.31. The van der Waals surface area contributed by atoms with Gasteiger partial charge in [0, 0.05) is 17.3 Å². The Labute approximate surface area is 138 Å². The highest BCUT2D eigenvalue weighted by Gasteiger charge is 2.07. The highest BCUT2D eigenvalue weighted by atomic mass is 32.2. The fraction of sp³-hybridized carbons (Fsp3) is 0. The number of halogens is 1. The molecule has 0 unspecified atom stereocenters. The Kier molecular flexibility index (Phi) is 5.09. The number of aliphatic hydroxyl groups excluding tert-OH is 1. The largest absolute Gasteiger partial charge is 0.507 e. The van der Waals surface area contributed by atoms with Crippen LogP contribution >= 0.6 is 12.2 Å². The van der Waals surface area contributed by atoms with Gasteiger partial charge < -0.3 is 10.4 Å². The Morgan fingerprint density at radius 3 is 2.22 bits per heavy atom. The number of thiocarbonyl (C=S) groups is 1. The monoisotopic (exact) mass is 352 g/mol. The maximum absolute atomic E-state index is 12.8. The van der Waals surface area contributed by atoms with Crippen LogP contribution in [0.4, 0.5) is 10.1 Å². The van der Waals surface area contributed by atoms with Crippen molar-refractivity contribution in [2.75, 3.05) is 5.32 Å². The van der Waals surface area contributed by atoms with Crippen LogP contribution in [0.5, 0.6) is 0 Å². The predicted octanol–water partition coefficient (Wildman–Crippen LogP) is 2.81. The van der Waals surface area contributed by atoms with E-state index < -0.39 is 15.8 Å². The predicted molar refractivity (Wildman–Crippen MR) is 91.0 cm³/mol. The zero-order valence-electron chi connectivity index (χ0n) is 11.7. The van der Waals surface area contributed by atoms with Crippen LogP contribution in [0, 0.1) is 5.82 Å². The smallest absolute Gasteiger partial charge is 0.238 e. The zero-order valence-corrected chi connectivity index (χ0v) is 13.4. The molecule has 4 N–H and O–H groups in total. The molecule has 0 fully saturated rings. The highest BCUT2D eigenvalue weighted by molar-refractivity contribution is 7.89. The van der Waals surface area contributed by atoms with Crippen molar-refractivity contribution in [1.82, 2.24) is 0 Å².